The molecular formula is C24H31N3O3. The van der Waals surface area contributed by atoms with Gasteiger partial charge < -0.3 is 19.7 Å². The average Bonchev–Trinajstić information content (AvgIpc) is 3.25. The van der Waals surface area contributed by atoms with Crippen LogP contribution in [0.25, 0.3) is 0 Å². The zero-order valence-corrected chi connectivity index (χ0v) is 17.5. The average molecular weight is 410 g/mol. The molecular weight excluding hydrogens is 378 g/mol. The number of carbonyl (C=O) groups is 1. The number of rotatable bonds is 2. The van der Waals surface area contributed by atoms with Crippen molar-refractivity contribution in [3.63, 3.8) is 0 Å². The summed E-state index contributed by atoms with van der Waals surface area (Å²) >= 11 is 0. The first-order chi connectivity index (χ1) is 14.8. The van der Waals surface area contributed by atoms with E-state index in [1.807, 2.05) is 18.2 Å². The Morgan fingerprint density at radius 1 is 1.13 bits per heavy atom. The maximum atomic E-state index is 13.2. The molecule has 0 radical (unpaired) electrons. The van der Waals surface area contributed by atoms with Crippen LogP contribution in [0.1, 0.15) is 44.1 Å². The minimum Gasteiger partial charge on any atom is -0.454 e. The second-order valence-electron chi connectivity index (χ2n) is 9.55. The van der Waals surface area contributed by atoms with Crippen molar-refractivity contribution in [2.24, 2.45) is 11.8 Å². The summed E-state index contributed by atoms with van der Waals surface area (Å²) in [6.07, 6.45) is 10.1. The van der Waals surface area contributed by atoms with Crippen LogP contribution < -0.4 is 14.8 Å². The Hall–Kier alpha value is -2.21. The van der Waals surface area contributed by atoms with Crippen molar-refractivity contribution in [3.8, 4) is 11.5 Å². The SMILES string of the molecule is O=C(NCc1ccc2c(c1)OCO2)N1CCCC2=C[C@H]3C[C@@H](CN4CCCC[C@@H]34)[C@@H]21. The highest BCUT2D eigenvalue weighted by molar-refractivity contribution is 5.75. The quantitative estimate of drug-likeness (QED) is 0.760. The molecule has 1 aromatic rings. The Morgan fingerprint density at radius 3 is 3.03 bits per heavy atom. The lowest BCUT2D eigenvalue weighted by molar-refractivity contribution is 0.00788. The van der Waals surface area contributed by atoms with Gasteiger partial charge >= 0.3 is 6.03 Å². The molecule has 4 atom stereocenters. The molecule has 4 heterocycles. The van der Waals surface area contributed by atoms with Gasteiger partial charge in [-0.3, -0.25) is 4.90 Å². The monoisotopic (exact) mass is 409 g/mol. The van der Waals surface area contributed by atoms with E-state index < -0.39 is 0 Å². The highest BCUT2D eigenvalue weighted by Crippen LogP contribution is 2.45. The van der Waals surface area contributed by atoms with Gasteiger partial charge in [0.25, 0.3) is 0 Å². The first kappa shape index (κ1) is 18.6. The molecule has 3 saturated heterocycles. The Morgan fingerprint density at radius 2 is 2.07 bits per heavy atom. The maximum absolute atomic E-state index is 13.2. The predicted molar refractivity (Wildman–Crippen MR) is 113 cm³/mol. The van der Waals surface area contributed by atoms with E-state index in [0.717, 1.165) is 49.0 Å². The van der Waals surface area contributed by atoms with Crippen molar-refractivity contribution < 1.29 is 14.3 Å². The van der Waals surface area contributed by atoms with E-state index >= 15 is 0 Å². The predicted octanol–water partition coefficient (Wildman–Crippen LogP) is 3.52. The molecule has 2 amide bonds. The highest BCUT2D eigenvalue weighted by atomic mass is 16.7. The van der Waals surface area contributed by atoms with E-state index in [-0.39, 0.29) is 18.9 Å². The van der Waals surface area contributed by atoms with Crippen molar-refractivity contribution in [1.29, 1.82) is 0 Å². The molecule has 160 valence electrons. The van der Waals surface area contributed by atoms with Gasteiger partial charge in [0.2, 0.25) is 6.79 Å². The Kier molecular flexibility index (Phi) is 4.63. The van der Waals surface area contributed by atoms with Crippen LogP contribution in [0.2, 0.25) is 0 Å². The smallest absolute Gasteiger partial charge is 0.318 e. The fraction of sp³-hybridized carbons (Fsp3) is 0.625. The van der Waals surface area contributed by atoms with Crippen LogP contribution >= 0.6 is 0 Å². The molecule has 0 aromatic heterocycles. The number of hydrogen-bond acceptors (Lipinski definition) is 4. The minimum atomic E-state index is 0.0717. The van der Waals surface area contributed by atoms with Crippen LogP contribution in [-0.2, 0) is 6.54 Å². The van der Waals surface area contributed by atoms with Crippen LogP contribution in [-0.4, -0.2) is 54.3 Å². The van der Waals surface area contributed by atoms with Gasteiger partial charge in [0.15, 0.2) is 11.5 Å². The normalized spacial score (nSPS) is 32.1. The van der Waals surface area contributed by atoms with Crippen molar-refractivity contribution in [2.75, 3.05) is 26.4 Å². The summed E-state index contributed by atoms with van der Waals surface area (Å²) in [5.41, 5.74) is 2.57. The first-order valence-corrected chi connectivity index (χ1v) is 11.6. The van der Waals surface area contributed by atoms with E-state index in [1.54, 1.807) is 0 Å². The van der Waals surface area contributed by atoms with Crippen LogP contribution in [0.4, 0.5) is 4.79 Å². The third-order valence-electron chi connectivity index (χ3n) is 7.80. The maximum Gasteiger partial charge on any atom is 0.318 e. The number of carbonyl (C=O) groups excluding carboxylic acids is 1. The number of benzene rings is 1. The topological polar surface area (TPSA) is 54.0 Å². The van der Waals surface area contributed by atoms with Gasteiger partial charge in [-0.1, -0.05) is 24.1 Å². The molecule has 1 aliphatic carbocycles. The number of fused-ring (bicyclic) bond motifs is 7. The summed E-state index contributed by atoms with van der Waals surface area (Å²) in [7, 11) is 0. The van der Waals surface area contributed by atoms with Gasteiger partial charge in [-0.2, -0.15) is 0 Å². The van der Waals surface area contributed by atoms with Gasteiger partial charge in [0.05, 0.1) is 6.04 Å². The lowest BCUT2D eigenvalue weighted by atomic mass is 9.68. The summed E-state index contributed by atoms with van der Waals surface area (Å²) in [6.45, 7) is 4.05. The molecule has 0 unspecified atom stereocenters. The standard InChI is InChI=1S/C24H31N3O3/c28-24(25-13-16-6-7-21-22(10-16)30-15-29-21)27-9-3-4-17-11-18-12-19(23(17)27)14-26-8-2-1-5-20(18)26/h6-7,10-11,18-20,23H,1-5,8-9,12-15H2,(H,25,28)/t18-,19-,20-,23+/m0/s1. The molecule has 5 aliphatic rings. The van der Waals surface area contributed by atoms with Gasteiger partial charge in [-0.15, -0.1) is 0 Å². The Labute approximate surface area is 178 Å². The largest absolute Gasteiger partial charge is 0.454 e. The van der Waals surface area contributed by atoms with Gasteiger partial charge in [-0.25, -0.2) is 4.79 Å². The number of nitrogens with one attached hydrogen (secondary N) is 1. The summed E-state index contributed by atoms with van der Waals surface area (Å²) in [6, 6.07) is 6.99. The molecule has 3 fully saturated rings. The molecule has 30 heavy (non-hydrogen) atoms. The van der Waals surface area contributed by atoms with Crippen LogP contribution in [0.3, 0.4) is 0 Å². The third kappa shape index (κ3) is 3.16. The number of hydrogen-bond donors (Lipinski definition) is 1. The van der Waals surface area contributed by atoms with Crippen molar-refractivity contribution in [2.45, 2.75) is 57.2 Å². The number of urea groups is 1. The van der Waals surface area contributed by atoms with Crippen LogP contribution in [0, 0.1) is 11.8 Å². The third-order valence-corrected chi connectivity index (χ3v) is 7.80. The molecule has 6 heteroatoms. The molecule has 1 N–H and O–H groups in total. The van der Waals surface area contributed by atoms with Gasteiger partial charge in [0.1, 0.15) is 0 Å². The molecule has 0 spiro atoms. The number of likely N-dealkylation sites (tertiary alicyclic amines) is 1. The first-order valence-electron chi connectivity index (χ1n) is 11.6. The summed E-state index contributed by atoms with van der Waals surface area (Å²) in [5.74, 6) is 2.83. The van der Waals surface area contributed by atoms with E-state index in [4.69, 9.17) is 9.47 Å². The number of nitrogens with zero attached hydrogens (tertiary/aromatic N) is 2. The van der Waals surface area contributed by atoms with E-state index in [0.29, 0.717) is 18.4 Å². The molecule has 0 saturated carbocycles. The fourth-order valence-electron chi connectivity index (χ4n) is 6.53. The molecule has 4 aliphatic heterocycles. The summed E-state index contributed by atoms with van der Waals surface area (Å²) in [5, 5.41) is 3.17. The second-order valence-corrected chi connectivity index (χ2v) is 9.55. The lowest BCUT2D eigenvalue weighted by Crippen LogP contribution is -2.61. The summed E-state index contributed by atoms with van der Waals surface area (Å²) < 4.78 is 10.8. The number of piperidine rings is 3. The molecule has 6 nitrogen and oxygen atoms in total. The number of ether oxygens (including phenoxy) is 2. The van der Waals surface area contributed by atoms with Crippen molar-refractivity contribution in [1.82, 2.24) is 15.1 Å². The fourth-order valence-corrected chi connectivity index (χ4v) is 6.53. The Balaban J connectivity index is 1.17. The molecule has 2 bridgehead atoms. The summed E-state index contributed by atoms with van der Waals surface area (Å²) in [4.78, 5) is 18.1. The Bertz CT molecular complexity index is 869. The van der Waals surface area contributed by atoms with Crippen LogP contribution in [0.5, 0.6) is 11.5 Å². The van der Waals surface area contributed by atoms with Crippen LogP contribution in [0.15, 0.2) is 29.8 Å². The van der Waals surface area contributed by atoms with E-state index in [2.05, 4.69) is 21.2 Å². The zero-order chi connectivity index (χ0) is 20.1. The second kappa shape index (κ2) is 7.49. The zero-order valence-electron chi connectivity index (χ0n) is 17.5. The highest BCUT2D eigenvalue weighted by Gasteiger charge is 2.46. The van der Waals surface area contributed by atoms with Crippen molar-refractivity contribution >= 4 is 6.03 Å². The number of amides is 2. The molecule has 6 rings (SSSR count). The lowest BCUT2D eigenvalue weighted by Gasteiger charge is -2.54. The van der Waals surface area contributed by atoms with E-state index in [1.165, 1.54) is 37.8 Å². The van der Waals surface area contributed by atoms with Crippen molar-refractivity contribution in [3.05, 3.63) is 35.4 Å². The minimum absolute atomic E-state index is 0.0717. The van der Waals surface area contributed by atoms with E-state index in [9.17, 15) is 4.79 Å². The molecule has 1 aromatic carbocycles. The van der Waals surface area contributed by atoms with Gasteiger partial charge in [-0.05, 0) is 68.2 Å². The van der Waals surface area contributed by atoms with Gasteiger partial charge in [0, 0.05) is 25.7 Å².